The molecule has 1 aromatic heterocycles. The summed E-state index contributed by atoms with van der Waals surface area (Å²) < 4.78 is 0.784. The van der Waals surface area contributed by atoms with Crippen molar-refractivity contribution in [1.82, 2.24) is 4.98 Å². The maximum atomic E-state index is 12.1. The van der Waals surface area contributed by atoms with Gasteiger partial charge in [0.25, 0.3) is 11.6 Å². The fourth-order valence-corrected chi connectivity index (χ4v) is 2.75. The number of halogens is 1. The quantitative estimate of drug-likeness (QED) is 0.619. The Morgan fingerprint density at radius 1 is 1.52 bits per heavy atom. The summed E-state index contributed by atoms with van der Waals surface area (Å²) in [7, 11) is 0. The summed E-state index contributed by atoms with van der Waals surface area (Å²) in [5.74, 6) is -0.442. The number of hydrogen-bond acceptors (Lipinski definition) is 6. The van der Waals surface area contributed by atoms with E-state index in [0.717, 1.165) is 3.79 Å². The van der Waals surface area contributed by atoms with Gasteiger partial charge < -0.3 is 5.32 Å². The number of nitrogens with one attached hydrogen (secondary N) is 2. The van der Waals surface area contributed by atoms with E-state index in [-0.39, 0.29) is 11.3 Å². The van der Waals surface area contributed by atoms with Gasteiger partial charge >= 0.3 is 0 Å². The van der Waals surface area contributed by atoms with Gasteiger partial charge in [0.1, 0.15) is 5.69 Å². The predicted octanol–water partition coefficient (Wildman–Crippen LogP) is 3.50. The van der Waals surface area contributed by atoms with Crippen molar-refractivity contribution in [2.45, 2.75) is 6.92 Å². The minimum Gasteiger partial charge on any atom is -0.380 e. The molecule has 0 saturated carbocycles. The Hall–Kier alpha value is -2.00. The summed E-state index contributed by atoms with van der Waals surface area (Å²) in [6.45, 7) is 2.39. The standard InChI is InChI=1S/C12H11BrN4O3S/c1-2-14-8-4-3-7(5-9(8)17(19)20)11(18)16-12-15-6-10(13)21-12/h3-6,14H,2H2,1H3,(H,15,16,18). The maximum Gasteiger partial charge on any atom is 0.293 e. The number of hydrogen-bond donors (Lipinski definition) is 2. The first-order valence-corrected chi connectivity index (χ1v) is 7.57. The van der Waals surface area contributed by atoms with Gasteiger partial charge in [-0.05, 0) is 35.0 Å². The Kier molecular flexibility index (Phi) is 4.86. The van der Waals surface area contributed by atoms with Crippen LogP contribution in [0.2, 0.25) is 0 Å². The zero-order chi connectivity index (χ0) is 15.4. The van der Waals surface area contributed by atoms with E-state index >= 15 is 0 Å². The summed E-state index contributed by atoms with van der Waals surface area (Å²) in [4.78, 5) is 26.6. The van der Waals surface area contributed by atoms with E-state index in [0.29, 0.717) is 17.4 Å². The highest BCUT2D eigenvalue weighted by Crippen LogP contribution is 2.27. The molecular weight excluding hydrogens is 360 g/mol. The van der Waals surface area contributed by atoms with Gasteiger partial charge in [-0.15, -0.1) is 0 Å². The van der Waals surface area contributed by atoms with Crippen LogP contribution in [0.3, 0.4) is 0 Å². The fourth-order valence-electron chi connectivity index (χ4n) is 1.65. The van der Waals surface area contributed by atoms with Crippen molar-refractivity contribution in [2.75, 3.05) is 17.2 Å². The Labute approximate surface area is 132 Å². The third-order valence-corrected chi connectivity index (χ3v) is 3.91. The first-order chi connectivity index (χ1) is 10.0. The number of amides is 1. The molecule has 2 aromatic rings. The number of nitro benzene ring substituents is 1. The molecule has 9 heteroatoms. The molecule has 110 valence electrons. The van der Waals surface area contributed by atoms with E-state index in [1.165, 1.54) is 29.5 Å². The van der Waals surface area contributed by atoms with Crippen molar-refractivity contribution < 1.29 is 9.72 Å². The number of nitrogens with zero attached hydrogens (tertiary/aromatic N) is 2. The lowest BCUT2D eigenvalue weighted by molar-refractivity contribution is -0.384. The molecule has 7 nitrogen and oxygen atoms in total. The predicted molar refractivity (Wildman–Crippen MR) is 85.0 cm³/mol. The summed E-state index contributed by atoms with van der Waals surface area (Å²) in [6, 6.07) is 4.30. The van der Waals surface area contributed by atoms with E-state index in [1.807, 2.05) is 6.92 Å². The number of carbonyl (C=O) groups excluding carboxylic acids is 1. The SMILES string of the molecule is CCNc1ccc(C(=O)Nc2ncc(Br)s2)cc1[N+](=O)[O-]. The Morgan fingerprint density at radius 2 is 2.29 bits per heavy atom. The lowest BCUT2D eigenvalue weighted by Gasteiger charge is -2.06. The van der Waals surface area contributed by atoms with Crippen LogP contribution in [0.4, 0.5) is 16.5 Å². The van der Waals surface area contributed by atoms with Gasteiger partial charge in [-0.3, -0.25) is 20.2 Å². The van der Waals surface area contributed by atoms with Gasteiger partial charge in [0.15, 0.2) is 5.13 Å². The average molecular weight is 371 g/mol. The molecule has 0 saturated heterocycles. The van der Waals surface area contributed by atoms with Crippen molar-refractivity contribution in [2.24, 2.45) is 0 Å². The Balaban J connectivity index is 2.25. The number of benzene rings is 1. The zero-order valence-corrected chi connectivity index (χ0v) is 13.3. The van der Waals surface area contributed by atoms with Gasteiger partial charge in [0.05, 0.1) is 14.9 Å². The van der Waals surface area contributed by atoms with Crippen LogP contribution in [-0.2, 0) is 0 Å². The molecule has 21 heavy (non-hydrogen) atoms. The smallest absolute Gasteiger partial charge is 0.293 e. The maximum absolute atomic E-state index is 12.1. The van der Waals surface area contributed by atoms with Gasteiger partial charge in [-0.1, -0.05) is 11.3 Å². The van der Waals surface area contributed by atoms with E-state index in [4.69, 9.17) is 0 Å². The molecule has 0 atom stereocenters. The van der Waals surface area contributed by atoms with Crippen LogP contribution in [-0.4, -0.2) is 22.4 Å². The molecule has 0 aliphatic carbocycles. The second-order valence-electron chi connectivity index (χ2n) is 3.94. The molecule has 0 aliphatic rings. The summed E-state index contributed by atoms with van der Waals surface area (Å²) in [6.07, 6.45) is 1.57. The third-order valence-electron chi connectivity index (χ3n) is 2.52. The molecular formula is C12H11BrN4O3S. The van der Waals surface area contributed by atoms with E-state index in [9.17, 15) is 14.9 Å². The topological polar surface area (TPSA) is 97.2 Å². The summed E-state index contributed by atoms with van der Waals surface area (Å²) in [5, 5.41) is 17.0. The normalized spacial score (nSPS) is 10.2. The van der Waals surface area contributed by atoms with Crippen LogP contribution in [0.5, 0.6) is 0 Å². The molecule has 0 fully saturated rings. The van der Waals surface area contributed by atoms with Crippen LogP contribution in [0.15, 0.2) is 28.2 Å². The van der Waals surface area contributed by atoms with Crippen molar-refractivity contribution in [1.29, 1.82) is 0 Å². The molecule has 0 unspecified atom stereocenters. The third kappa shape index (κ3) is 3.76. The molecule has 1 amide bonds. The molecule has 0 bridgehead atoms. The van der Waals surface area contributed by atoms with Crippen LogP contribution in [0.1, 0.15) is 17.3 Å². The second kappa shape index (κ2) is 6.64. The number of rotatable bonds is 5. The monoisotopic (exact) mass is 370 g/mol. The van der Waals surface area contributed by atoms with Gasteiger partial charge in [0.2, 0.25) is 0 Å². The van der Waals surface area contributed by atoms with Crippen molar-refractivity contribution >= 4 is 49.7 Å². The zero-order valence-electron chi connectivity index (χ0n) is 10.9. The number of thiazole rings is 1. The van der Waals surface area contributed by atoms with Crippen LogP contribution in [0.25, 0.3) is 0 Å². The molecule has 2 N–H and O–H groups in total. The minimum absolute atomic E-state index is 0.134. The molecule has 1 aromatic carbocycles. The number of carbonyl (C=O) groups is 1. The molecule has 0 spiro atoms. The van der Waals surface area contributed by atoms with Crippen LogP contribution < -0.4 is 10.6 Å². The number of aromatic nitrogens is 1. The largest absolute Gasteiger partial charge is 0.380 e. The summed E-state index contributed by atoms with van der Waals surface area (Å²) in [5.41, 5.74) is 0.454. The molecule has 0 aliphatic heterocycles. The average Bonchev–Trinajstić information content (AvgIpc) is 2.84. The summed E-state index contributed by atoms with van der Waals surface area (Å²) >= 11 is 4.50. The number of nitro groups is 1. The molecule has 0 radical (unpaired) electrons. The molecule has 2 rings (SSSR count). The highest BCUT2D eigenvalue weighted by Gasteiger charge is 2.17. The van der Waals surface area contributed by atoms with Gasteiger partial charge in [-0.25, -0.2) is 4.98 Å². The lowest BCUT2D eigenvalue weighted by atomic mass is 10.1. The Bertz CT molecular complexity index is 689. The van der Waals surface area contributed by atoms with Gasteiger partial charge in [0, 0.05) is 18.2 Å². The Morgan fingerprint density at radius 3 is 2.86 bits per heavy atom. The van der Waals surface area contributed by atoms with Crippen molar-refractivity contribution in [3.63, 3.8) is 0 Å². The first-order valence-electron chi connectivity index (χ1n) is 5.96. The van der Waals surface area contributed by atoms with E-state index in [2.05, 4.69) is 31.5 Å². The van der Waals surface area contributed by atoms with Crippen LogP contribution in [0, 0.1) is 10.1 Å². The fraction of sp³-hybridized carbons (Fsp3) is 0.167. The second-order valence-corrected chi connectivity index (χ2v) is 6.35. The van der Waals surface area contributed by atoms with Gasteiger partial charge in [-0.2, -0.15) is 0 Å². The lowest BCUT2D eigenvalue weighted by Crippen LogP contribution is -2.12. The van der Waals surface area contributed by atoms with E-state index in [1.54, 1.807) is 6.20 Å². The van der Waals surface area contributed by atoms with E-state index < -0.39 is 10.8 Å². The number of anilines is 2. The highest BCUT2D eigenvalue weighted by molar-refractivity contribution is 9.11. The van der Waals surface area contributed by atoms with Crippen LogP contribution >= 0.6 is 27.3 Å². The van der Waals surface area contributed by atoms with Crippen molar-refractivity contribution in [3.05, 3.63) is 43.9 Å². The van der Waals surface area contributed by atoms with Crippen molar-refractivity contribution in [3.8, 4) is 0 Å². The molecule has 1 heterocycles. The highest BCUT2D eigenvalue weighted by atomic mass is 79.9. The first kappa shape index (κ1) is 15.4. The minimum atomic E-state index is -0.519.